The molecule has 7 heteroatoms. The molecule has 1 saturated heterocycles. The fourth-order valence-electron chi connectivity index (χ4n) is 3.65. The van der Waals surface area contributed by atoms with Crippen LogP contribution in [0.3, 0.4) is 0 Å². The van der Waals surface area contributed by atoms with E-state index in [9.17, 15) is 14.7 Å². The maximum atomic E-state index is 13.2. The Balaban J connectivity index is 1.41. The van der Waals surface area contributed by atoms with Crippen molar-refractivity contribution in [2.45, 2.75) is 6.61 Å². The van der Waals surface area contributed by atoms with Crippen LogP contribution in [0.15, 0.2) is 72.8 Å². The van der Waals surface area contributed by atoms with Gasteiger partial charge in [0.25, 0.3) is 11.8 Å². The van der Waals surface area contributed by atoms with Crippen LogP contribution in [-0.2, 0) is 6.61 Å². The van der Waals surface area contributed by atoms with Gasteiger partial charge in [-0.1, -0.05) is 54.1 Å². The number of piperazine rings is 1. The number of aromatic hydroxyl groups is 1. The zero-order chi connectivity index (χ0) is 22.5. The average Bonchev–Trinajstić information content (AvgIpc) is 2.83. The van der Waals surface area contributed by atoms with Crippen LogP contribution in [0.25, 0.3) is 0 Å². The predicted octanol–water partition coefficient (Wildman–Crippen LogP) is 4.22. The Morgan fingerprint density at radius 2 is 1.31 bits per heavy atom. The quantitative estimate of drug-likeness (QED) is 0.631. The lowest BCUT2D eigenvalue weighted by atomic mass is 10.1. The van der Waals surface area contributed by atoms with E-state index in [-0.39, 0.29) is 29.7 Å². The first-order valence-electron chi connectivity index (χ1n) is 10.4. The summed E-state index contributed by atoms with van der Waals surface area (Å²) in [4.78, 5) is 29.2. The molecule has 6 nitrogen and oxygen atoms in total. The fourth-order valence-corrected chi connectivity index (χ4v) is 3.84. The van der Waals surface area contributed by atoms with E-state index in [4.69, 9.17) is 16.3 Å². The van der Waals surface area contributed by atoms with Crippen molar-refractivity contribution in [3.63, 3.8) is 0 Å². The van der Waals surface area contributed by atoms with Crippen molar-refractivity contribution in [3.8, 4) is 11.5 Å². The summed E-state index contributed by atoms with van der Waals surface area (Å²) in [7, 11) is 0. The number of hydrogen-bond donors (Lipinski definition) is 1. The predicted molar refractivity (Wildman–Crippen MR) is 122 cm³/mol. The number of para-hydroxylation sites is 2. The Kier molecular flexibility index (Phi) is 6.61. The van der Waals surface area contributed by atoms with Gasteiger partial charge in [-0.3, -0.25) is 9.59 Å². The summed E-state index contributed by atoms with van der Waals surface area (Å²) in [6, 6.07) is 21.0. The molecule has 1 fully saturated rings. The third-order valence-electron chi connectivity index (χ3n) is 5.45. The first-order valence-corrected chi connectivity index (χ1v) is 10.7. The van der Waals surface area contributed by atoms with Crippen molar-refractivity contribution in [3.05, 3.63) is 94.5 Å². The van der Waals surface area contributed by atoms with Crippen molar-refractivity contribution in [1.82, 2.24) is 9.80 Å². The highest BCUT2D eigenvalue weighted by atomic mass is 35.5. The van der Waals surface area contributed by atoms with Crippen molar-refractivity contribution in [2.24, 2.45) is 0 Å². The number of phenolic OH excluding ortho intramolecular Hbond substituents is 1. The molecule has 0 atom stereocenters. The van der Waals surface area contributed by atoms with E-state index < -0.39 is 0 Å². The van der Waals surface area contributed by atoms with Crippen molar-refractivity contribution in [1.29, 1.82) is 0 Å². The third kappa shape index (κ3) is 4.70. The van der Waals surface area contributed by atoms with Gasteiger partial charge in [-0.2, -0.15) is 0 Å². The van der Waals surface area contributed by atoms with Crippen LogP contribution >= 0.6 is 11.6 Å². The van der Waals surface area contributed by atoms with Crippen molar-refractivity contribution < 1.29 is 19.4 Å². The van der Waals surface area contributed by atoms with Gasteiger partial charge in [-0.25, -0.2) is 0 Å². The van der Waals surface area contributed by atoms with Crippen LogP contribution in [0.1, 0.15) is 26.3 Å². The zero-order valence-corrected chi connectivity index (χ0v) is 18.2. The topological polar surface area (TPSA) is 70.1 Å². The van der Waals surface area contributed by atoms with Crippen LogP contribution in [-0.4, -0.2) is 52.9 Å². The Morgan fingerprint density at radius 3 is 1.97 bits per heavy atom. The molecule has 164 valence electrons. The number of ether oxygens (including phenoxy) is 1. The Labute approximate surface area is 191 Å². The number of rotatable bonds is 5. The molecule has 0 bridgehead atoms. The summed E-state index contributed by atoms with van der Waals surface area (Å²) in [5.74, 6) is 0.0684. The van der Waals surface area contributed by atoms with E-state index in [2.05, 4.69) is 0 Å². The second kappa shape index (κ2) is 9.75. The third-order valence-corrected chi connectivity index (χ3v) is 5.82. The Hall–Kier alpha value is -3.51. The highest BCUT2D eigenvalue weighted by molar-refractivity contribution is 6.31. The average molecular weight is 451 g/mol. The number of halogens is 1. The molecular formula is C25H23ClN2O4. The van der Waals surface area contributed by atoms with Crippen molar-refractivity contribution >= 4 is 23.4 Å². The Bertz CT molecular complexity index is 1130. The molecule has 0 aromatic heterocycles. The van der Waals surface area contributed by atoms with Gasteiger partial charge in [0.15, 0.2) is 0 Å². The molecule has 4 rings (SSSR count). The number of carbonyl (C=O) groups excluding carboxylic acids is 2. The first kappa shape index (κ1) is 21.7. The minimum atomic E-state index is -0.237. The standard InChI is InChI=1S/C25H23ClN2O4/c26-21-10-4-1-7-18(21)17-32-23-12-6-3-9-20(23)25(31)28-15-13-27(14-16-28)24(30)19-8-2-5-11-22(19)29/h1-12,29H,13-17H2. The molecule has 0 radical (unpaired) electrons. The van der Waals surface area contributed by atoms with Gasteiger partial charge in [-0.15, -0.1) is 0 Å². The number of benzene rings is 3. The van der Waals surface area contributed by atoms with Crippen LogP contribution < -0.4 is 4.74 Å². The van der Waals surface area contributed by atoms with Crippen LogP contribution in [0.2, 0.25) is 5.02 Å². The largest absolute Gasteiger partial charge is 0.507 e. The second-order valence-electron chi connectivity index (χ2n) is 7.48. The molecular weight excluding hydrogens is 428 g/mol. The molecule has 3 aromatic rings. The normalized spacial score (nSPS) is 13.7. The highest BCUT2D eigenvalue weighted by Crippen LogP contribution is 2.24. The fraction of sp³-hybridized carbons (Fsp3) is 0.200. The van der Waals surface area contributed by atoms with E-state index >= 15 is 0 Å². The number of carbonyl (C=O) groups is 2. The summed E-state index contributed by atoms with van der Waals surface area (Å²) in [5, 5.41) is 10.6. The number of hydrogen-bond acceptors (Lipinski definition) is 4. The lowest BCUT2D eigenvalue weighted by molar-refractivity contribution is 0.0531. The summed E-state index contributed by atoms with van der Waals surface area (Å²) < 4.78 is 5.92. The maximum absolute atomic E-state index is 13.2. The van der Waals surface area contributed by atoms with E-state index in [0.29, 0.717) is 42.5 Å². The van der Waals surface area contributed by atoms with E-state index in [1.54, 1.807) is 52.3 Å². The minimum Gasteiger partial charge on any atom is -0.507 e. The molecule has 0 aliphatic carbocycles. The van der Waals surface area contributed by atoms with E-state index in [1.165, 1.54) is 6.07 Å². The van der Waals surface area contributed by atoms with Gasteiger partial charge < -0.3 is 19.6 Å². The molecule has 1 aliphatic heterocycles. The van der Waals surface area contributed by atoms with Gasteiger partial charge >= 0.3 is 0 Å². The van der Waals surface area contributed by atoms with Crippen LogP contribution in [0.5, 0.6) is 11.5 Å². The molecule has 0 spiro atoms. The minimum absolute atomic E-state index is 0.0411. The smallest absolute Gasteiger partial charge is 0.257 e. The SMILES string of the molecule is O=C(c1ccccc1O)N1CCN(C(=O)c2ccccc2OCc2ccccc2Cl)CC1. The van der Waals surface area contributed by atoms with Gasteiger partial charge in [0, 0.05) is 36.8 Å². The van der Waals surface area contributed by atoms with Crippen LogP contribution in [0, 0.1) is 0 Å². The molecule has 1 N–H and O–H groups in total. The molecule has 0 saturated carbocycles. The lowest BCUT2D eigenvalue weighted by Crippen LogP contribution is -2.50. The van der Waals surface area contributed by atoms with Gasteiger partial charge in [0.1, 0.15) is 18.1 Å². The van der Waals surface area contributed by atoms with Gasteiger partial charge in [0.05, 0.1) is 11.1 Å². The second-order valence-corrected chi connectivity index (χ2v) is 7.88. The molecule has 3 aromatic carbocycles. The van der Waals surface area contributed by atoms with Crippen molar-refractivity contribution in [2.75, 3.05) is 26.2 Å². The highest BCUT2D eigenvalue weighted by Gasteiger charge is 2.27. The molecule has 1 aliphatic rings. The van der Waals surface area contributed by atoms with E-state index in [0.717, 1.165) is 5.56 Å². The number of nitrogens with zero attached hydrogens (tertiary/aromatic N) is 2. The summed E-state index contributed by atoms with van der Waals surface area (Å²) >= 11 is 6.20. The summed E-state index contributed by atoms with van der Waals surface area (Å²) in [6.45, 7) is 1.84. The number of phenols is 1. The maximum Gasteiger partial charge on any atom is 0.257 e. The van der Waals surface area contributed by atoms with Crippen LogP contribution in [0.4, 0.5) is 0 Å². The van der Waals surface area contributed by atoms with Gasteiger partial charge in [0.2, 0.25) is 0 Å². The summed E-state index contributed by atoms with van der Waals surface area (Å²) in [5.41, 5.74) is 1.58. The molecule has 32 heavy (non-hydrogen) atoms. The molecule has 0 unspecified atom stereocenters. The summed E-state index contributed by atoms with van der Waals surface area (Å²) in [6.07, 6.45) is 0. The monoisotopic (exact) mass is 450 g/mol. The molecule has 2 amide bonds. The zero-order valence-electron chi connectivity index (χ0n) is 17.4. The Morgan fingerprint density at radius 1 is 0.781 bits per heavy atom. The lowest BCUT2D eigenvalue weighted by Gasteiger charge is -2.35. The van der Waals surface area contributed by atoms with Gasteiger partial charge in [-0.05, 0) is 30.3 Å². The molecule has 1 heterocycles. The first-order chi connectivity index (χ1) is 15.5. The number of amides is 2. The van der Waals surface area contributed by atoms with E-state index in [1.807, 2.05) is 24.3 Å².